The van der Waals surface area contributed by atoms with Crippen LogP contribution in [0.4, 0.5) is 0 Å². The molecule has 0 aromatic heterocycles. The molecule has 110 valence electrons. The van der Waals surface area contributed by atoms with Gasteiger partial charge in [0, 0.05) is 0 Å². The van der Waals surface area contributed by atoms with Crippen LogP contribution in [0.1, 0.15) is 32.3 Å². The summed E-state index contributed by atoms with van der Waals surface area (Å²) in [5.74, 6) is -4.23. The standard InChI is InChI=1S/C15H20O5/c1-3-12(4-2)15(13(16)17,14(18)19)20-10-11-8-6-5-7-9-11/h5-9,12H,3-4,10H2,1-2H3,(H,16,17)(H,18,19)/p-2. The van der Waals surface area contributed by atoms with Gasteiger partial charge < -0.3 is 24.5 Å². The third-order valence-corrected chi connectivity index (χ3v) is 3.48. The van der Waals surface area contributed by atoms with Crippen molar-refractivity contribution in [2.45, 2.75) is 38.9 Å². The lowest BCUT2D eigenvalue weighted by atomic mass is 9.83. The number of benzene rings is 1. The van der Waals surface area contributed by atoms with Crippen LogP contribution < -0.4 is 10.2 Å². The van der Waals surface area contributed by atoms with Gasteiger partial charge in [-0.05, 0) is 24.3 Å². The highest BCUT2D eigenvalue weighted by molar-refractivity contribution is 6.00. The molecule has 5 nitrogen and oxygen atoms in total. The lowest BCUT2D eigenvalue weighted by Crippen LogP contribution is -2.64. The van der Waals surface area contributed by atoms with Gasteiger partial charge in [-0.2, -0.15) is 0 Å². The summed E-state index contributed by atoms with van der Waals surface area (Å²) in [5.41, 5.74) is -1.73. The summed E-state index contributed by atoms with van der Waals surface area (Å²) < 4.78 is 5.26. The molecule has 1 aromatic rings. The van der Waals surface area contributed by atoms with Crippen LogP contribution in [0.5, 0.6) is 0 Å². The maximum absolute atomic E-state index is 11.4. The third-order valence-electron chi connectivity index (χ3n) is 3.48. The molecule has 20 heavy (non-hydrogen) atoms. The average Bonchev–Trinajstić information content (AvgIpc) is 2.43. The Labute approximate surface area is 118 Å². The zero-order valence-electron chi connectivity index (χ0n) is 11.6. The summed E-state index contributed by atoms with van der Waals surface area (Å²) in [7, 11) is 0. The number of carboxylic acids is 2. The van der Waals surface area contributed by atoms with Crippen LogP contribution in [-0.4, -0.2) is 17.5 Å². The molecule has 0 fully saturated rings. The maximum Gasteiger partial charge on any atom is 0.150 e. The summed E-state index contributed by atoms with van der Waals surface area (Å²) >= 11 is 0. The van der Waals surface area contributed by atoms with Crippen molar-refractivity contribution in [1.29, 1.82) is 0 Å². The fourth-order valence-corrected chi connectivity index (χ4v) is 2.29. The van der Waals surface area contributed by atoms with Crippen molar-refractivity contribution < 1.29 is 24.5 Å². The van der Waals surface area contributed by atoms with E-state index in [1.54, 1.807) is 44.2 Å². The Bertz CT molecular complexity index is 437. The molecule has 0 N–H and O–H groups in total. The minimum absolute atomic E-state index is 0.126. The maximum atomic E-state index is 11.4. The van der Waals surface area contributed by atoms with Crippen molar-refractivity contribution in [2.75, 3.05) is 0 Å². The predicted octanol–water partition coefficient (Wildman–Crippen LogP) is -0.122. The third kappa shape index (κ3) is 3.17. The van der Waals surface area contributed by atoms with Gasteiger partial charge in [0.05, 0.1) is 18.5 Å². The minimum Gasteiger partial charge on any atom is -0.547 e. The van der Waals surface area contributed by atoms with Gasteiger partial charge in [0.2, 0.25) is 0 Å². The van der Waals surface area contributed by atoms with Crippen LogP contribution in [0.3, 0.4) is 0 Å². The van der Waals surface area contributed by atoms with E-state index in [1.165, 1.54) is 0 Å². The second-order valence-electron chi connectivity index (χ2n) is 4.60. The number of carbonyl (C=O) groups excluding carboxylic acids is 2. The van der Waals surface area contributed by atoms with Gasteiger partial charge in [-0.15, -0.1) is 0 Å². The highest BCUT2D eigenvalue weighted by Gasteiger charge is 2.41. The molecular formula is C15H18O5-2. The van der Waals surface area contributed by atoms with Crippen molar-refractivity contribution in [3.05, 3.63) is 35.9 Å². The van der Waals surface area contributed by atoms with Gasteiger partial charge in [-0.25, -0.2) is 0 Å². The Hall–Kier alpha value is -1.88. The van der Waals surface area contributed by atoms with E-state index in [9.17, 15) is 19.8 Å². The van der Waals surface area contributed by atoms with E-state index in [1.807, 2.05) is 0 Å². The summed E-state index contributed by atoms with van der Waals surface area (Å²) in [5, 5.41) is 22.8. The van der Waals surface area contributed by atoms with Crippen molar-refractivity contribution >= 4 is 11.9 Å². The molecule has 0 saturated heterocycles. The van der Waals surface area contributed by atoms with Gasteiger partial charge in [0.1, 0.15) is 5.60 Å². The first kappa shape index (κ1) is 16.2. The molecule has 0 spiro atoms. The zero-order chi connectivity index (χ0) is 15.2. The zero-order valence-corrected chi connectivity index (χ0v) is 11.6. The van der Waals surface area contributed by atoms with E-state index in [4.69, 9.17) is 4.74 Å². The summed E-state index contributed by atoms with van der Waals surface area (Å²) in [6, 6.07) is 8.77. The Morgan fingerprint density at radius 3 is 2.00 bits per heavy atom. The fraction of sp³-hybridized carbons (Fsp3) is 0.467. The van der Waals surface area contributed by atoms with Gasteiger partial charge in [0.15, 0.2) is 0 Å². The molecule has 0 bridgehead atoms. The Balaban J connectivity index is 3.04. The van der Waals surface area contributed by atoms with E-state index in [-0.39, 0.29) is 6.61 Å². The fourth-order valence-electron chi connectivity index (χ4n) is 2.29. The molecule has 5 heteroatoms. The quantitative estimate of drug-likeness (QED) is 0.618. The van der Waals surface area contributed by atoms with Crippen LogP contribution in [0.25, 0.3) is 0 Å². The molecule has 1 aromatic carbocycles. The number of ether oxygens (including phenoxy) is 1. The number of carbonyl (C=O) groups is 2. The molecule has 0 atom stereocenters. The molecule has 0 aliphatic rings. The number of rotatable bonds is 8. The lowest BCUT2D eigenvalue weighted by Gasteiger charge is -2.41. The molecule has 1 rings (SSSR count). The molecule has 0 aliphatic carbocycles. The van der Waals surface area contributed by atoms with Gasteiger partial charge >= 0.3 is 0 Å². The highest BCUT2D eigenvalue weighted by atomic mass is 16.6. The SMILES string of the molecule is CCC(CC)C(OCc1ccccc1)(C(=O)[O-])C(=O)[O-]. The first-order chi connectivity index (χ1) is 9.48. The second-order valence-corrected chi connectivity index (χ2v) is 4.60. The number of hydrogen-bond donors (Lipinski definition) is 0. The Morgan fingerprint density at radius 1 is 1.10 bits per heavy atom. The summed E-state index contributed by atoms with van der Waals surface area (Å²) in [4.78, 5) is 22.8. The number of carboxylic acid groups (broad SMARTS) is 2. The monoisotopic (exact) mass is 278 g/mol. The topological polar surface area (TPSA) is 89.5 Å². The molecule has 0 heterocycles. The predicted molar refractivity (Wildman–Crippen MR) is 68.0 cm³/mol. The molecule has 0 aliphatic heterocycles. The first-order valence-corrected chi connectivity index (χ1v) is 6.59. The van der Waals surface area contributed by atoms with Crippen LogP contribution in [-0.2, 0) is 20.9 Å². The average molecular weight is 278 g/mol. The Morgan fingerprint density at radius 2 is 1.60 bits per heavy atom. The molecule has 0 saturated carbocycles. The number of hydrogen-bond acceptors (Lipinski definition) is 5. The van der Waals surface area contributed by atoms with Gasteiger partial charge in [-0.3, -0.25) is 0 Å². The normalized spacial score (nSPS) is 11.6. The highest BCUT2D eigenvalue weighted by Crippen LogP contribution is 2.29. The van der Waals surface area contributed by atoms with E-state index < -0.39 is 23.5 Å². The summed E-state index contributed by atoms with van der Waals surface area (Å²) in [6.07, 6.45) is 0.681. The smallest absolute Gasteiger partial charge is 0.150 e. The van der Waals surface area contributed by atoms with E-state index >= 15 is 0 Å². The molecular weight excluding hydrogens is 260 g/mol. The van der Waals surface area contributed by atoms with Gasteiger partial charge in [-0.1, -0.05) is 44.2 Å². The van der Waals surface area contributed by atoms with Gasteiger partial charge in [0.25, 0.3) is 0 Å². The first-order valence-electron chi connectivity index (χ1n) is 6.59. The summed E-state index contributed by atoms with van der Waals surface area (Å²) in [6.45, 7) is 3.29. The van der Waals surface area contributed by atoms with Crippen LogP contribution >= 0.6 is 0 Å². The minimum atomic E-state index is -2.42. The molecule has 0 amide bonds. The lowest BCUT2D eigenvalue weighted by molar-refractivity contribution is -0.359. The van der Waals surface area contributed by atoms with E-state index in [0.29, 0.717) is 18.4 Å². The van der Waals surface area contributed by atoms with Crippen LogP contribution in [0.2, 0.25) is 0 Å². The second kappa shape index (κ2) is 7.05. The van der Waals surface area contributed by atoms with Crippen LogP contribution in [0.15, 0.2) is 30.3 Å². The van der Waals surface area contributed by atoms with Crippen molar-refractivity contribution in [3.63, 3.8) is 0 Å². The Kier molecular flexibility index (Phi) is 5.70. The van der Waals surface area contributed by atoms with E-state index in [2.05, 4.69) is 0 Å². The molecule has 0 unspecified atom stereocenters. The van der Waals surface area contributed by atoms with Crippen LogP contribution in [0, 0.1) is 5.92 Å². The molecule has 0 radical (unpaired) electrons. The largest absolute Gasteiger partial charge is 0.547 e. The number of aliphatic carboxylic acids is 2. The van der Waals surface area contributed by atoms with Crippen molar-refractivity contribution in [2.24, 2.45) is 5.92 Å². The van der Waals surface area contributed by atoms with Crippen molar-refractivity contribution in [3.8, 4) is 0 Å². The van der Waals surface area contributed by atoms with E-state index in [0.717, 1.165) is 0 Å². The van der Waals surface area contributed by atoms with Crippen molar-refractivity contribution in [1.82, 2.24) is 0 Å².